The highest BCUT2D eigenvalue weighted by Crippen LogP contribution is 2.38. The van der Waals surface area contributed by atoms with Gasteiger partial charge in [-0.2, -0.15) is 13.2 Å². The van der Waals surface area contributed by atoms with Crippen LogP contribution in [0.15, 0.2) is 24.3 Å². The molecule has 0 radical (unpaired) electrons. The zero-order valence-corrected chi connectivity index (χ0v) is 15.7. The van der Waals surface area contributed by atoms with Gasteiger partial charge in [0.25, 0.3) is 0 Å². The first-order valence-corrected chi connectivity index (χ1v) is 9.38. The second-order valence-electron chi connectivity index (χ2n) is 7.09. The Morgan fingerprint density at radius 2 is 1.85 bits per heavy atom. The molecule has 1 aliphatic heterocycles. The summed E-state index contributed by atoms with van der Waals surface area (Å²) in [7, 11) is 0. The van der Waals surface area contributed by atoms with E-state index in [0.717, 1.165) is 0 Å². The zero-order valence-electron chi connectivity index (χ0n) is 14.9. The van der Waals surface area contributed by atoms with Gasteiger partial charge in [0.15, 0.2) is 5.79 Å². The molecule has 1 fully saturated rings. The smallest absolute Gasteiger partial charge is 0.408 e. The lowest BCUT2D eigenvalue weighted by Gasteiger charge is -2.32. The largest absolute Gasteiger partial charge is 0.598 e. The first kappa shape index (κ1) is 21.4. The van der Waals surface area contributed by atoms with Crippen molar-refractivity contribution in [3.05, 3.63) is 35.6 Å². The van der Waals surface area contributed by atoms with Gasteiger partial charge in [-0.05, 0) is 39.3 Å². The molecule has 2 unspecified atom stereocenters. The Hall–Kier alpha value is -0.870. The molecule has 1 N–H and O–H groups in total. The van der Waals surface area contributed by atoms with Crippen LogP contribution < -0.4 is 4.72 Å². The third-order valence-corrected chi connectivity index (χ3v) is 5.59. The summed E-state index contributed by atoms with van der Waals surface area (Å²) in [4.78, 5) is 0. The van der Waals surface area contributed by atoms with Gasteiger partial charge >= 0.3 is 6.18 Å². The summed E-state index contributed by atoms with van der Waals surface area (Å²) in [6.45, 7) is 5.16. The van der Waals surface area contributed by atoms with Crippen LogP contribution in [0.1, 0.15) is 39.2 Å². The maximum Gasteiger partial charge on any atom is 0.408 e. The molecule has 148 valence electrons. The Labute approximate surface area is 153 Å². The van der Waals surface area contributed by atoms with E-state index in [0.29, 0.717) is 5.56 Å². The molecular weight excluding hydrogens is 374 g/mol. The van der Waals surface area contributed by atoms with E-state index in [9.17, 15) is 22.1 Å². The molecule has 0 amide bonds. The van der Waals surface area contributed by atoms with Gasteiger partial charge in [0.2, 0.25) is 0 Å². The standard InChI is InChI=1S/C17H23F4NO3S/c1-15(2,3)26(23)22-14(17(19,20)21)7-8-16(24-9-10-25-16)12-5-4-6-13(18)11-12/h4-6,11,14,22H,7-10H2,1-3H3. The van der Waals surface area contributed by atoms with Crippen LogP contribution in [-0.4, -0.2) is 34.7 Å². The van der Waals surface area contributed by atoms with Gasteiger partial charge in [0, 0.05) is 23.3 Å². The lowest BCUT2D eigenvalue weighted by molar-refractivity contribution is -0.187. The predicted molar refractivity (Wildman–Crippen MR) is 90.1 cm³/mol. The average molecular weight is 397 g/mol. The number of rotatable bonds is 6. The number of benzene rings is 1. The van der Waals surface area contributed by atoms with Crippen LogP contribution in [0.2, 0.25) is 0 Å². The summed E-state index contributed by atoms with van der Waals surface area (Å²) in [5.41, 5.74) is 0.327. The average Bonchev–Trinajstić information content (AvgIpc) is 2.99. The first-order valence-electron chi connectivity index (χ1n) is 8.23. The Bertz CT molecular complexity index is 600. The maximum absolute atomic E-state index is 13.5. The summed E-state index contributed by atoms with van der Waals surface area (Å²) in [6.07, 6.45) is -5.18. The number of hydrogen-bond donors (Lipinski definition) is 1. The highest BCUT2D eigenvalue weighted by atomic mass is 32.2. The van der Waals surface area contributed by atoms with Crippen molar-refractivity contribution in [3.63, 3.8) is 0 Å². The fourth-order valence-electron chi connectivity index (χ4n) is 2.57. The third-order valence-electron chi connectivity index (χ3n) is 3.98. The first-order chi connectivity index (χ1) is 11.9. The molecule has 4 nitrogen and oxygen atoms in total. The normalized spacial score (nSPS) is 20.2. The van der Waals surface area contributed by atoms with Crippen LogP contribution >= 0.6 is 0 Å². The van der Waals surface area contributed by atoms with E-state index in [1.54, 1.807) is 26.8 Å². The maximum atomic E-state index is 13.5. The molecular formula is C17H23F4NO3S. The monoisotopic (exact) mass is 397 g/mol. The van der Waals surface area contributed by atoms with E-state index in [2.05, 4.69) is 4.72 Å². The predicted octanol–water partition coefficient (Wildman–Crippen LogP) is 3.79. The topological polar surface area (TPSA) is 53.5 Å². The SMILES string of the molecule is CC(C)(C)[S+]([O-])NC(CCC1(c2cccc(F)c2)OCCO1)C(F)(F)F. The molecule has 9 heteroatoms. The van der Waals surface area contributed by atoms with Crippen LogP contribution in [0, 0.1) is 5.82 Å². The zero-order chi connectivity index (χ0) is 19.6. The molecule has 0 spiro atoms. The highest BCUT2D eigenvalue weighted by molar-refractivity contribution is 7.90. The number of nitrogens with one attached hydrogen (secondary N) is 1. The van der Waals surface area contributed by atoms with Gasteiger partial charge < -0.3 is 14.0 Å². The van der Waals surface area contributed by atoms with Gasteiger partial charge in [-0.25, -0.2) is 4.39 Å². The van der Waals surface area contributed by atoms with Crippen molar-refractivity contribution in [1.82, 2.24) is 4.72 Å². The molecule has 2 atom stereocenters. The van der Waals surface area contributed by atoms with E-state index < -0.39 is 46.4 Å². The molecule has 2 rings (SSSR count). The van der Waals surface area contributed by atoms with E-state index in [-0.39, 0.29) is 19.6 Å². The molecule has 1 aromatic rings. The van der Waals surface area contributed by atoms with Gasteiger partial charge in [-0.3, -0.25) is 0 Å². The number of alkyl halides is 3. The summed E-state index contributed by atoms with van der Waals surface area (Å²) in [6, 6.07) is 3.43. The van der Waals surface area contributed by atoms with Gasteiger partial charge in [-0.1, -0.05) is 12.1 Å². The van der Waals surface area contributed by atoms with Crippen molar-refractivity contribution < 1.29 is 31.6 Å². The molecule has 1 heterocycles. The second-order valence-corrected chi connectivity index (χ2v) is 9.09. The van der Waals surface area contributed by atoms with Crippen molar-refractivity contribution in [3.8, 4) is 0 Å². The van der Waals surface area contributed by atoms with Gasteiger partial charge in [0.1, 0.15) is 16.6 Å². The summed E-state index contributed by atoms with van der Waals surface area (Å²) >= 11 is -1.89. The van der Waals surface area contributed by atoms with Crippen LogP contribution in [-0.2, 0) is 26.6 Å². The van der Waals surface area contributed by atoms with E-state index in [1.165, 1.54) is 18.2 Å². The molecule has 0 aromatic heterocycles. The van der Waals surface area contributed by atoms with E-state index in [1.807, 2.05) is 0 Å². The number of ether oxygens (including phenoxy) is 2. The molecule has 1 aromatic carbocycles. The van der Waals surface area contributed by atoms with E-state index in [4.69, 9.17) is 9.47 Å². The third kappa shape index (κ3) is 5.32. The minimum Gasteiger partial charge on any atom is -0.598 e. The van der Waals surface area contributed by atoms with Crippen LogP contribution in [0.5, 0.6) is 0 Å². The number of hydrogen-bond acceptors (Lipinski definition) is 4. The Kier molecular flexibility index (Phi) is 6.61. The summed E-state index contributed by atoms with van der Waals surface area (Å²) in [5, 5.41) is 0. The minimum absolute atomic E-state index is 0.158. The molecule has 1 saturated heterocycles. The Morgan fingerprint density at radius 1 is 1.23 bits per heavy atom. The Morgan fingerprint density at radius 3 is 2.35 bits per heavy atom. The second kappa shape index (κ2) is 8.02. The summed E-state index contributed by atoms with van der Waals surface area (Å²) < 4.78 is 78.3. The van der Waals surface area contributed by atoms with Crippen LogP contribution in [0.4, 0.5) is 17.6 Å². The molecule has 0 aliphatic carbocycles. The van der Waals surface area contributed by atoms with Crippen molar-refractivity contribution >= 4 is 11.4 Å². The van der Waals surface area contributed by atoms with Crippen molar-refractivity contribution in [1.29, 1.82) is 0 Å². The Balaban J connectivity index is 2.17. The lowest BCUT2D eigenvalue weighted by Crippen LogP contribution is -2.51. The summed E-state index contributed by atoms with van der Waals surface area (Å²) in [5.74, 6) is -1.96. The van der Waals surface area contributed by atoms with E-state index >= 15 is 0 Å². The highest BCUT2D eigenvalue weighted by Gasteiger charge is 2.47. The molecule has 0 bridgehead atoms. The lowest BCUT2D eigenvalue weighted by atomic mass is 9.98. The van der Waals surface area contributed by atoms with Crippen molar-refractivity contribution in [2.75, 3.05) is 13.2 Å². The quantitative estimate of drug-likeness (QED) is 0.586. The van der Waals surface area contributed by atoms with Gasteiger partial charge in [0.05, 0.1) is 13.2 Å². The van der Waals surface area contributed by atoms with Crippen LogP contribution in [0.3, 0.4) is 0 Å². The van der Waals surface area contributed by atoms with Gasteiger partial charge in [-0.15, -0.1) is 4.72 Å². The molecule has 26 heavy (non-hydrogen) atoms. The minimum atomic E-state index is -4.59. The van der Waals surface area contributed by atoms with Crippen molar-refractivity contribution in [2.45, 2.75) is 56.4 Å². The van der Waals surface area contributed by atoms with Crippen molar-refractivity contribution in [2.24, 2.45) is 0 Å². The van der Waals surface area contributed by atoms with Crippen LogP contribution in [0.25, 0.3) is 0 Å². The fourth-order valence-corrected chi connectivity index (χ4v) is 3.43. The molecule has 0 saturated carbocycles. The number of halogens is 4. The molecule has 1 aliphatic rings. The fraction of sp³-hybridized carbons (Fsp3) is 0.647.